The Kier molecular flexibility index (Phi) is 7.15. The lowest BCUT2D eigenvalue weighted by atomic mass is 10.0. The molecule has 146 valence electrons. The van der Waals surface area contributed by atoms with Crippen LogP contribution in [0.4, 0.5) is 0 Å². The summed E-state index contributed by atoms with van der Waals surface area (Å²) in [6.07, 6.45) is -0.698. The second kappa shape index (κ2) is 9.34. The molecule has 1 atom stereocenters. The summed E-state index contributed by atoms with van der Waals surface area (Å²) >= 11 is 0. The number of aryl methyl sites for hydroxylation is 1. The molecule has 1 aromatic heterocycles. The van der Waals surface area contributed by atoms with Gasteiger partial charge in [0.25, 0.3) is 0 Å². The largest absolute Gasteiger partial charge is 0.489 e. The minimum atomic E-state index is -0.997. The topological polar surface area (TPSA) is 109 Å². The number of fused-ring (bicyclic) bond motifs is 1. The maximum absolute atomic E-state index is 12.3. The van der Waals surface area contributed by atoms with E-state index in [1.165, 1.54) is 0 Å². The summed E-state index contributed by atoms with van der Waals surface area (Å²) in [5.41, 5.74) is 2.02. The van der Waals surface area contributed by atoms with Crippen LogP contribution in [0.5, 0.6) is 5.75 Å². The lowest BCUT2D eigenvalue weighted by Crippen LogP contribution is -2.34. The van der Waals surface area contributed by atoms with Gasteiger partial charge in [0.2, 0.25) is 5.91 Å². The predicted molar refractivity (Wildman–Crippen MR) is 102 cm³/mol. The van der Waals surface area contributed by atoms with Gasteiger partial charge < -0.3 is 24.7 Å². The Bertz CT molecular complexity index is 886. The Morgan fingerprint density at radius 2 is 2.15 bits per heavy atom. The van der Waals surface area contributed by atoms with E-state index in [1.807, 2.05) is 19.9 Å². The van der Waals surface area contributed by atoms with Crippen molar-refractivity contribution < 1.29 is 24.2 Å². The molecule has 0 fully saturated rings. The number of benzene rings is 1. The van der Waals surface area contributed by atoms with E-state index in [-0.39, 0.29) is 25.3 Å². The van der Waals surface area contributed by atoms with Gasteiger partial charge in [0.15, 0.2) is 0 Å². The van der Waals surface area contributed by atoms with Crippen molar-refractivity contribution in [2.24, 2.45) is 0 Å². The molecule has 2 aromatic rings. The highest BCUT2D eigenvalue weighted by Gasteiger charge is 2.14. The molecule has 1 aromatic carbocycles. The summed E-state index contributed by atoms with van der Waals surface area (Å²) in [7, 11) is 0. The number of aliphatic hydroxyl groups is 2. The zero-order valence-corrected chi connectivity index (χ0v) is 15.6. The Labute approximate surface area is 157 Å². The zero-order valence-electron chi connectivity index (χ0n) is 15.6. The second-order valence-electron chi connectivity index (χ2n) is 6.54. The Morgan fingerprint density at radius 1 is 1.41 bits per heavy atom. The van der Waals surface area contributed by atoms with Gasteiger partial charge in [-0.2, -0.15) is 0 Å². The maximum Gasteiger partial charge on any atom is 0.339 e. The highest BCUT2D eigenvalue weighted by Crippen LogP contribution is 2.24. The van der Waals surface area contributed by atoms with Crippen LogP contribution in [0.15, 0.2) is 39.6 Å². The van der Waals surface area contributed by atoms with E-state index in [9.17, 15) is 14.7 Å². The average Bonchev–Trinajstić information content (AvgIpc) is 2.63. The smallest absolute Gasteiger partial charge is 0.339 e. The van der Waals surface area contributed by atoms with Crippen LogP contribution in [-0.2, 0) is 11.2 Å². The summed E-state index contributed by atoms with van der Waals surface area (Å²) < 4.78 is 11.0. The summed E-state index contributed by atoms with van der Waals surface area (Å²) in [6, 6.07) is 5.28. The molecule has 0 saturated heterocycles. The molecule has 0 unspecified atom stereocenters. The molecule has 0 bridgehead atoms. The number of hydrogen-bond donors (Lipinski definition) is 3. The first-order valence-electron chi connectivity index (χ1n) is 8.71. The Hall–Kier alpha value is -2.64. The van der Waals surface area contributed by atoms with Crippen LogP contribution < -0.4 is 15.7 Å². The zero-order chi connectivity index (χ0) is 20.0. The number of carbonyl (C=O) groups excluding carboxylic acids is 1. The highest BCUT2D eigenvalue weighted by molar-refractivity contribution is 5.82. The molecule has 0 radical (unpaired) electrons. The summed E-state index contributed by atoms with van der Waals surface area (Å²) in [6.45, 7) is 7.38. The number of nitrogens with one attached hydrogen (secondary N) is 1. The third kappa shape index (κ3) is 5.67. The standard InChI is InChI=1S/C20H25NO6/c1-12(2)11-26-15-4-5-16-13(3)17(20(25)27-18(16)8-15)6-7-19(24)21-9-14(23)10-22/h4-5,8,14,22-23H,1,6-7,9-11H2,2-3H3,(H,21,24)/t14-/m0/s1. The van der Waals surface area contributed by atoms with Crippen LogP contribution in [0.1, 0.15) is 24.5 Å². The lowest BCUT2D eigenvalue weighted by molar-refractivity contribution is -0.121. The van der Waals surface area contributed by atoms with Crippen LogP contribution in [0.2, 0.25) is 0 Å². The van der Waals surface area contributed by atoms with Gasteiger partial charge in [-0.25, -0.2) is 4.79 Å². The van der Waals surface area contributed by atoms with Gasteiger partial charge in [0, 0.05) is 30.0 Å². The number of carbonyl (C=O) groups is 1. The quantitative estimate of drug-likeness (QED) is 0.452. The normalized spacial score (nSPS) is 12.0. The minimum Gasteiger partial charge on any atom is -0.489 e. The first kappa shape index (κ1) is 20.7. The number of amides is 1. The maximum atomic E-state index is 12.3. The van der Waals surface area contributed by atoms with Gasteiger partial charge in [-0.15, -0.1) is 0 Å². The van der Waals surface area contributed by atoms with Crippen LogP contribution in [0.3, 0.4) is 0 Å². The lowest BCUT2D eigenvalue weighted by Gasteiger charge is -2.11. The molecule has 0 aliphatic heterocycles. The third-order valence-electron chi connectivity index (χ3n) is 4.09. The first-order chi connectivity index (χ1) is 12.8. The minimum absolute atomic E-state index is 0.0341. The Morgan fingerprint density at radius 3 is 2.81 bits per heavy atom. The SMILES string of the molecule is C=C(C)COc1ccc2c(C)c(CCC(=O)NC[C@H](O)CO)c(=O)oc2c1. The molecule has 1 amide bonds. The van der Waals surface area contributed by atoms with Crippen molar-refractivity contribution in [2.45, 2.75) is 32.8 Å². The van der Waals surface area contributed by atoms with Crippen LogP contribution >= 0.6 is 0 Å². The fraction of sp³-hybridized carbons (Fsp3) is 0.400. The van der Waals surface area contributed by atoms with Crippen LogP contribution in [0.25, 0.3) is 11.0 Å². The molecule has 0 spiro atoms. The summed E-state index contributed by atoms with van der Waals surface area (Å²) in [4.78, 5) is 24.2. The van der Waals surface area contributed by atoms with E-state index in [0.717, 1.165) is 16.5 Å². The number of rotatable bonds is 9. The molecule has 2 rings (SSSR count). The number of hydrogen-bond acceptors (Lipinski definition) is 6. The molecule has 7 nitrogen and oxygen atoms in total. The third-order valence-corrected chi connectivity index (χ3v) is 4.09. The molecule has 7 heteroatoms. The Balaban J connectivity index is 2.14. The van der Waals surface area contributed by atoms with Gasteiger partial charge in [0.05, 0.1) is 12.7 Å². The van der Waals surface area contributed by atoms with E-state index >= 15 is 0 Å². The molecule has 27 heavy (non-hydrogen) atoms. The van der Waals surface area contributed by atoms with Crippen molar-refractivity contribution in [1.82, 2.24) is 5.32 Å². The van der Waals surface area contributed by atoms with Crippen molar-refractivity contribution in [2.75, 3.05) is 19.8 Å². The monoisotopic (exact) mass is 375 g/mol. The fourth-order valence-corrected chi connectivity index (χ4v) is 2.58. The number of aliphatic hydroxyl groups excluding tert-OH is 2. The van der Waals surface area contributed by atoms with Gasteiger partial charge in [0.1, 0.15) is 17.9 Å². The molecule has 0 saturated carbocycles. The van der Waals surface area contributed by atoms with Crippen molar-refractivity contribution in [3.63, 3.8) is 0 Å². The van der Waals surface area contributed by atoms with Crippen LogP contribution in [0, 0.1) is 6.92 Å². The summed E-state index contributed by atoms with van der Waals surface area (Å²) in [5.74, 6) is 0.271. The van der Waals surface area contributed by atoms with Crippen LogP contribution in [-0.4, -0.2) is 42.0 Å². The summed E-state index contributed by atoms with van der Waals surface area (Å²) in [5, 5.41) is 21.3. The molecular formula is C20H25NO6. The van der Waals surface area contributed by atoms with Crippen molar-refractivity contribution >= 4 is 16.9 Å². The fourth-order valence-electron chi connectivity index (χ4n) is 2.58. The molecule has 0 aliphatic rings. The first-order valence-corrected chi connectivity index (χ1v) is 8.71. The van der Waals surface area contributed by atoms with E-state index in [0.29, 0.717) is 23.5 Å². The predicted octanol–water partition coefficient (Wildman–Crippen LogP) is 1.46. The molecule has 0 aliphatic carbocycles. The van der Waals surface area contributed by atoms with E-state index < -0.39 is 18.3 Å². The van der Waals surface area contributed by atoms with E-state index in [1.54, 1.807) is 12.1 Å². The van der Waals surface area contributed by atoms with Gasteiger partial charge >= 0.3 is 5.63 Å². The second-order valence-corrected chi connectivity index (χ2v) is 6.54. The average molecular weight is 375 g/mol. The molecule has 1 heterocycles. The highest BCUT2D eigenvalue weighted by atomic mass is 16.5. The number of ether oxygens (including phenoxy) is 1. The van der Waals surface area contributed by atoms with E-state index in [2.05, 4.69) is 11.9 Å². The van der Waals surface area contributed by atoms with Crippen molar-refractivity contribution in [3.05, 3.63) is 51.9 Å². The van der Waals surface area contributed by atoms with Gasteiger partial charge in [-0.05, 0) is 43.5 Å². The van der Waals surface area contributed by atoms with E-state index in [4.69, 9.17) is 14.3 Å². The van der Waals surface area contributed by atoms with Crippen molar-refractivity contribution in [3.8, 4) is 5.75 Å². The van der Waals surface area contributed by atoms with Gasteiger partial charge in [-0.3, -0.25) is 4.79 Å². The van der Waals surface area contributed by atoms with Gasteiger partial charge in [-0.1, -0.05) is 6.58 Å². The van der Waals surface area contributed by atoms with Crippen molar-refractivity contribution in [1.29, 1.82) is 0 Å². The molecule has 3 N–H and O–H groups in total. The molecular weight excluding hydrogens is 350 g/mol.